The summed E-state index contributed by atoms with van der Waals surface area (Å²) < 4.78 is 5.93. The lowest BCUT2D eigenvalue weighted by Crippen LogP contribution is -2.29. The maximum absolute atomic E-state index is 5.93. The number of hydrogen-bond acceptors (Lipinski definition) is 2. The molecule has 310 valence electrons. The number of benzene rings is 9. The zero-order valence-corrected chi connectivity index (χ0v) is 36.2. The van der Waals surface area contributed by atoms with Crippen LogP contribution in [0, 0.1) is 0 Å². The molecule has 0 unspecified atom stereocenters. The summed E-state index contributed by atoms with van der Waals surface area (Å²) in [5, 5.41) is 1.07. The average molecular weight is 834 g/mol. The van der Waals surface area contributed by atoms with E-state index in [1.807, 2.05) is 0 Å². The molecule has 13 rings (SSSR count). The highest BCUT2D eigenvalue weighted by molar-refractivity contribution is 5.94. The average Bonchev–Trinajstić information content (AvgIpc) is 4.20. The van der Waals surface area contributed by atoms with Gasteiger partial charge >= 0.3 is 0 Å². The first-order valence-corrected chi connectivity index (χ1v) is 23.3. The van der Waals surface area contributed by atoms with E-state index in [2.05, 4.69) is 229 Å². The molecule has 0 bridgehead atoms. The summed E-state index contributed by atoms with van der Waals surface area (Å²) in [6, 6.07) is 84.2. The molecule has 9 aromatic carbocycles. The number of hydrogen-bond donors (Lipinski definition) is 0. The third-order valence-corrected chi connectivity index (χ3v) is 15.0. The fraction of sp³-hybridized carbons (Fsp3) is 0.111. The lowest BCUT2D eigenvalue weighted by atomic mass is 9.67. The maximum atomic E-state index is 5.93. The number of nitrogens with zero attached hydrogens (tertiary/aromatic N) is 1. The van der Waals surface area contributed by atoms with Crippen LogP contribution < -0.4 is 4.90 Å². The summed E-state index contributed by atoms with van der Waals surface area (Å²) in [5.41, 5.74) is 20.1. The van der Waals surface area contributed by atoms with Gasteiger partial charge in [0.25, 0.3) is 0 Å². The molecule has 10 aromatic rings. The Balaban J connectivity index is 1.08. The molecule has 0 N–H and O–H groups in total. The summed E-state index contributed by atoms with van der Waals surface area (Å²) in [6.07, 6.45) is 6.92. The highest BCUT2D eigenvalue weighted by Crippen LogP contribution is 2.60. The molecule has 0 aliphatic heterocycles. The molecule has 3 aliphatic rings. The molecule has 0 spiro atoms. The second-order valence-electron chi connectivity index (χ2n) is 18.2. The Bertz CT molecular complexity index is 3300. The van der Waals surface area contributed by atoms with Crippen LogP contribution in [0.4, 0.5) is 17.1 Å². The topological polar surface area (TPSA) is 16.4 Å². The Morgan fingerprint density at radius 1 is 0.369 bits per heavy atom. The van der Waals surface area contributed by atoms with Gasteiger partial charge in [0, 0.05) is 22.4 Å². The van der Waals surface area contributed by atoms with Gasteiger partial charge in [0.05, 0.1) is 17.1 Å². The molecule has 0 radical (unpaired) electrons. The van der Waals surface area contributed by atoms with Crippen LogP contribution in [0.25, 0.3) is 33.2 Å². The van der Waals surface area contributed by atoms with E-state index in [0.717, 1.165) is 28.0 Å². The van der Waals surface area contributed by atoms with Crippen molar-refractivity contribution in [3.63, 3.8) is 0 Å². The van der Waals surface area contributed by atoms with Gasteiger partial charge < -0.3 is 9.32 Å². The van der Waals surface area contributed by atoms with Gasteiger partial charge in [-0.2, -0.15) is 0 Å². The molecule has 65 heavy (non-hydrogen) atoms. The van der Waals surface area contributed by atoms with E-state index in [0.29, 0.717) is 5.92 Å². The van der Waals surface area contributed by atoms with Crippen molar-refractivity contribution in [2.45, 2.75) is 42.4 Å². The van der Waals surface area contributed by atoms with Crippen molar-refractivity contribution >= 4 is 28.0 Å². The van der Waals surface area contributed by atoms with Crippen molar-refractivity contribution < 1.29 is 4.42 Å². The molecule has 1 fully saturated rings. The first-order chi connectivity index (χ1) is 32.2. The van der Waals surface area contributed by atoms with Crippen LogP contribution in [0.3, 0.4) is 0 Å². The molecule has 1 aromatic heterocycles. The Labute approximate surface area is 381 Å². The van der Waals surface area contributed by atoms with Crippen LogP contribution >= 0.6 is 0 Å². The van der Waals surface area contributed by atoms with Crippen molar-refractivity contribution in [3.8, 4) is 22.3 Å². The number of anilines is 3. The van der Waals surface area contributed by atoms with E-state index in [1.54, 1.807) is 6.26 Å². The molecular weight excluding hydrogens is 787 g/mol. The monoisotopic (exact) mass is 833 g/mol. The summed E-state index contributed by atoms with van der Waals surface area (Å²) in [4.78, 5) is 2.47. The Kier molecular flexibility index (Phi) is 8.71. The second kappa shape index (κ2) is 15.0. The predicted octanol–water partition coefficient (Wildman–Crippen LogP) is 16.3. The number of rotatable bonds is 8. The fourth-order valence-electron chi connectivity index (χ4n) is 12.3. The molecule has 1 saturated carbocycles. The van der Waals surface area contributed by atoms with Crippen LogP contribution in [-0.4, -0.2) is 0 Å². The van der Waals surface area contributed by atoms with Crippen LogP contribution in [0.5, 0.6) is 0 Å². The molecule has 1 heterocycles. The van der Waals surface area contributed by atoms with Crippen LogP contribution in [0.1, 0.15) is 81.7 Å². The maximum Gasteiger partial charge on any atom is 0.133 e. The first-order valence-electron chi connectivity index (χ1n) is 23.3. The molecule has 2 nitrogen and oxygen atoms in total. The standard InChI is InChI=1S/C63H47NO/c1-5-19-46(20-6-1)62(47-21-7-2-8-22-47)58-34-29-44(43-17-13-14-18-43)40-55(58)56-41-51(31-35-59(56)62)64(50-32-36-61-45(39-50)37-38-65-61)52-30-33-54-53-27-15-16-28-57(53)63(60(54)42-52,48-23-9-3-10-24-48)49-25-11-4-12-26-49/h1-12,15-16,19-43H,13-14,17-18H2. The van der Waals surface area contributed by atoms with Crippen molar-refractivity contribution in [2.75, 3.05) is 4.90 Å². The third kappa shape index (κ3) is 5.60. The van der Waals surface area contributed by atoms with Gasteiger partial charge in [-0.3, -0.25) is 0 Å². The SMILES string of the molecule is c1ccc(C2(c3ccccc3)c3ccc(C4CCCC4)cc3-c3cc(N(c4ccc5c(c4)C(c4ccccc4)(c4ccccc4)c4ccccc4-5)c4ccc5occc5c4)ccc32)cc1. The fourth-order valence-corrected chi connectivity index (χ4v) is 12.3. The normalized spacial score (nSPS) is 15.3. The molecule has 0 saturated heterocycles. The van der Waals surface area contributed by atoms with Gasteiger partial charge in [0.15, 0.2) is 0 Å². The summed E-state index contributed by atoms with van der Waals surface area (Å²) in [5.74, 6) is 0.596. The van der Waals surface area contributed by atoms with Crippen molar-refractivity contribution in [3.05, 3.63) is 281 Å². The number of furan rings is 1. The minimum atomic E-state index is -0.525. The molecule has 2 heteroatoms. The van der Waals surface area contributed by atoms with Crippen molar-refractivity contribution in [2.24, 2.45) is 0 Å². The molecule has 0 amide bonds. The lowest BCUT2D eigenvalue weighted by Gasteiger charge is -2.35. The largest absolute Gasteiger partial charge is 0.464 e. The quantitative estimate of drug-likeness (QED) is 0.152. The Morgan fingerprint density at radius 2 is 0.846 bits per heavy atom. The highest BCUT2D eigenvalue weighted by Gasteiger charge is 2.48. The second-order valence-corrected chi connectivity index (χ2v) is 18.2. The van der Waals surface area contributed by atoms with E-state index in [1.165, 1.54) is 98.0 Å². The minimum absolute atomic E-state index is 0.481. The predicted molar refractivity (Wildman–Crippen MR) is 267 cm³/mol. The van der Waals surface area contributed by atoms with Crippen molar-refractivity contribution in [1.29, 1.82) is 0 Å². The van der Waals surface area contributed by atoms with E-state index in [4.69, 9.17) is 4.42 Å². The summed E-state index contributed by atoms with van der Waals surface area (Å²) >= 11 is 0. The Hall–Kier alpha value is -7.68. The Morgan fingerprint density at radius 3 is 1.49 bits per heavy atom. The van der Waals surface area contributed by atoms with Crippen LogP contribution in [-0.2, 0) is 10.8 Å². The van der Waals surface area contributed by atoms with Gasteiger partial charge in [-0.25, -0.2) is 0 Å². The van der Waals surface area contributed by atoms with Gasteiger partial charge in [0.1, 0.15) is 5.58 Å². The van der Waals surface area contributed by atoms with E-state index < -0.39 is 10.8 Å². The van der Waals surface area contributed by atoms with Gasteiger partial charge in [0.2, 0.25) is 0 Å². The number of fused-ring (bicyclic) bond motifs is 7. The smallest absolute Gasteiger partial charge is 0.133 e. The van der Waals surface area contributed by atoms with Gasteiger partial charge in [-0.1, -0.05) is 189 Å². The third-order valence-electron chi connectivity index (χ3n) is 15.0. The van der Waals surface area contributed by atoms with Crippen LogP contribution in [0.2, 0.25) is 0 Å². The molecular formula is C63H47NO. The molecule has 0 atom stereocenters. The molecule has 3 aliphatic carbocycles. The minimum Gasteiger partial charge on any atom is -0.464 e. The summed E-state index contributed by atoms with van der Waals surface area (Å²) in [7, 11) is 0. The highest BCUT2D eigenvalue weighted by atomic mass is 16.3. The summed E-state index contributed by atoms with van der Waals surface area (Å²) in [6.45, 7) is 0. The van der Waals surface area contributed by atoms with Crippen molar-refractivity contribution in [1.82, 2.24) is 0 Å². The van der Waals surface area contributed by atoms with Gasteiger partial charge in [-0.15, -0.1) is 0 Å². The van der Waals surface area contributed by atoms with E-state index in [9.17, 15) is 0 Å². The lowest BCUT2D eigenvalue weighted by molar-refractivity contribution is 0.616. The zero-order valence-electron chi connectivity index (χ0n) is 36.2. The van der Waals surface area contributed by atoms with Crippen LogP contribution in [0.15, 0.2) is 235 Å². The first kappa shape index (κ1) is 37.8. The van der Waals surface area contributed by atoms with E-state index >= 15 is 0 Å². The zero-order chi connectivity index (χ0) is 43.0. The van der Waals surface area contributed by atoms with Gasteiger partial charge in [-0.05, 0) is 140 Å². The van der Waals surface area contributed by atoms with E-state index in [-0.39, 0.29) is 0 Å².